The number of aromatic nitrogens is 1. The molecule has 0 aromatic carbocycles. The highest BCUT2D eigenvalue weighted by atomic mass is 35.5. The summed E-state index contributed by atoms with van der Waals surface area (Å²) in [6, 6.07) is 1.47. The van der Waals surface area contributed by atoms with Crippen molar-refractivity contribution in [1.82, 2.24) is 10.3 Å². The Bertz CT molecular complexity index is 402. The maximum atomic E-state index is 11.7. The van der Waals surface area contributed by atoms with Gasteiger partial charge in [0, 0.05) is 19.3 Å². The van der Waals surface area contributed by atoms with Crippen molar-refractivity contribution in [2.24, 2.45) is 0 Å². The van der Waals surface area contributed by atoms with E-state index >= 15 is 0 Å². The van der Waals surface area contributed by atoms with Gasteiger partial charge in [-0.3, -0.25) is 4.79 Å². The molecule has 1 heterocycles. The highest BCUT2D eigenvalue weighted by Gasteiger charge is 2.08. The van der Waals surface area contributed by atoms with Gasteiger partial charge in [0.25, 0.3) is 5.91 Å². The average molecular weight is 293 g/mol. The zero-order valence-corrected chi connectivity index (χ0v) is 11.2. The molecule has 0 saturated carbocycles. The molecular weight excluding hydrogens is 279 g/mol. The van der Waals surface area contributed by atoms with E-state index in [1.807, 2.05) is 0 Å². The minimum Gasteiger partial charge on any atom is -0.394 e. The Hall–Kier alpha value is -0.880. The number of halogens is 2. The Labute approximate surface area is 115 Å². The smallest absolute Gasteiger partial charge is 0.252 e. The highest BCUT2D eigenvalue weighted by molar-refractivity contribution is 6.41. The minimum atomic E-state index is -0.261. The molecule has 100 valence electrons. The summed E-state index contributed by atoms with van der Waals surface area (Å²) in [6.07, 6.45) is 2.03. The molecule has 0 saturated heterocycles. The van der Waals surface area contributed by atoms with Crippen LogP contribution in [0.4, 0.5) is 0 Å². The van der Waals surface area contributed by atoms with Crippen LogP contribution in [0.1, 0.15) is 16.8 Å². The molecule has 0 atom stereocenters. The standard InChI is InChI=1S/C11H14Cl2N2O3/c12-9-6-8(7-15-10(9)13)11(17)14-2-1-4-18-5-3-16/h6-7,16H,1-5H2,(H,14,17). The molecule has 0 aliphatic heterocycles. The van der Waals surface area contributed by atoms with Crippen molar-refractivity contribution in [1.29, 1.82) is 0 Å². The van der Waals surface area contributed by atoms with E-state index in [1.165, 1.54) is 12.3 Å². The molecule has 0 fully saturated rings. The van der Waals surface area contributed by atoms with Crippen LogP contribution in [0.15, 0.2) is 12.3 Å². The van der Waals surface area contributed by atoms with E-state index in [2.05, 4.69) is 10.3 Å². The molecule has 7 heteroatoms. The number of nitrogens with one attached hydrogen (secondary N) is 1. The largest absolute Gasteiger partial charge is 0.394 e. The fraction of sp³-hybridized carbons (Fsp3) is 0.455. The van der Waals surface area contributed by atoms with E-state index in [0.29, 0.717) is 31.7 Å². The van der Waals surface area contributed by atoms with Crippen LogP contribution in [0.5, 0.6) is 0 Å². The van der Waals surface area contributed by atoms with Gasteiger partial charge in [0.2, 0.25) is 0 Å². The van der Waals surface area contributed by atoms with Crippen molar-refractivity contribution in [2.75, 3.05) is 26.4 Å². The van der Waals surface area contributed by atoms with Gasteiger partial charge in [-0.15, -0.1) is 0 Å². The van der Waals surface area contributed by atoms with E-state index in [-0.39, 0.29) is 22.7 Å². The molecule has 1 aromatic heterocycles. The van der Waals surface area contributed by atoms with Crippen molar-refractivity contribution in [3.8, 4) is 0 Å². The van der Waals surface area contributed by atoms with Gasteiger partial charge in [-0.25, -0.2) is 4.98 Å². The first-order valence-electron chi connectivity index (χ1n) is 5.43. The Kier molecular flexibility index (Phi) is 6.97. The monoisotopic (exact) mass is 292 g/mol. The van der Waals surface area contributed by atoms with Crippen LogP contribution in [0.2, 0.25) is 10.2 Å². The molecule has 0 aliphatic rings. The Morgan fingerprint density at radius 3 is 2.89 bits per heavy atom. The first kappa shape index (κ1) is 15.2. The van der Waals surface area contributed by atoms with E-state index in [0.717, 1.165) is 0 Å². The number of carbonyl (C=O) groups excluding carboxylic acids is 1. The SMILES string of the molecule is O=C(NCCCOCCO)c1cnc(Cl)c(Cl)c1. The second kappa shape index (κ2) is 8.26. The first-order chi connectivity index (χ1) is 8.65. The van der Waals surface area contributed by atoms with Crippen molar-refractivity contribution in [3.05, 3.63) is 28.0 Å². The van der Waals surface area contributed by atoms with Crippen LogP contribution < -0.4 is 5.32 Å². The molecule has 0 aliphatic carbocycles. The molecule has 0 bridgehead atoms. The molecule has 5 nitrogen and oxygen atoms in total. The number of aliphatic hydroxyl groups excluding tert-OH is 1. The van der Waals surface area contributed by atoms with E-state index in [4.69, 9.17) is 33.0 Å². The lowest BCUT2D eigenvalue weighted by molar-refractivity contribution is 0.0867. The van der Waals surface area contributed by atoms with Crippen LogP contribution in [0.3, 0.4) is 0 Å². The topological polar surface area (TPSA) is 71.5 Å². The average Bonchev–Trinajstić information content (AvgIpc) is 2.36. The summed E-state index contributed by atoms with van der Waals surface area (Å²) in [4.78, 5) is 15.5. The number of aliphatic hydroxyl groups is 1. The summed E-state index contributed by atoms with van der Waals surface area (Å²) in [5.74, 6) is -0.261. The van der Waals surface area contributed by atoms with Gasteiger partial charge in [-0.05, 0) is 12.5 Å². The van der Waals surface area contributed by atoms with Crippen LogP contribution in [-0.2, 0) is 4.74 Å². The van der Waals surface area contributed by atoms with Gasteiger partial charge in [0.15, 0.2) is 0 Å². The van der Waals surface area contributed by atoms with E-state index in [1.54, 1.807) is 0 Å². The Morgan fingerprint density at radius 2 is 2.22 bits per heavy atom. The molecule has 1 rings (SSSR count). The molecule has 0 radical (unpaired) electrons. The minimum absolute atomic E-state index is 0.00129. The maximum Gasteiger partial charge on any atom is 0.252 e. The van der Waals surface area contributed by atoms with E-state index < -0.39 is 0 Å². The van der Waals surface area contributed by atoms with Crippen molar-refractivity contribution in [3.63, 3.8) is 0 Å². The lowest BCUT2D eigenvalue weighted by atomic mass is 10.2. The van der Waals surface area contributed by atoms with Gasteiger partial charge in [0.1, 0.15) is 5.15 Å². The second-order valence-corrected chi connectivity index (χ2v) is 4.21. The summed E-state index contributed by atoms with van der Waals surface area (Å²) in [5, 5.41) is 11.6. The zero-order valence-electron chi connectivity index (χ0n) is 9.66. The molecule has 1 amide bonds. The van der Waals surface area contributed by atoms with Gasteiger partial charge in [-0.2, -0.15) is 0 Å². The summed E-state index contributed by atoms with van der Waals surface area (Å²) >= 11 is 11.4. The summed E-state index contributed by atoms with van der Waals surface area (Å²) in [5.41, 5.74) is 0.362. The van der Waals surface area contributed by atoms with Gasteiger partial charge < -0.3 is 15.2 Å². The van der Waals surface area contributed by atoms with Gasteiger partial charge in [-0.1, -0.05) is 23.2 Å². The summed E-state index contributed by atoms with van der Waals surface area (Å²) < 4.78 is 5.05. The third-order valence-corrected chi connectivity index (χ3v) is 2.73. The van der Waals surface area contributed by atoms with Crippen molar-refractivity contribution < 1.29 is 14.6 Å². The molecule has 18 heavy (non-hydrogen) atoms. The number of rotatable bonds is 7. The number of ether oxygens (including phenoxy) is 1. The number of nitrogens with zero attached hydrogens (tertiary/aromatic N) is 1. The number of amides is 1. The van der Waals surface area contributed by atoms with Gasteiger partial charge >= 0.3 is 0 Å². The Morgan fingerprint density at radius 1 is 1.44 bits per heavy atom. The first-order valence-corrected chi connectivity index (χ1v) is 6.18. The molecule has 1 aromatic rings. The van der Waals surface area contributed by atoms with Crippen LogP contribution in [0, 0.1) is 0 Å². The predicted octanol–water partition coefficient (Wildman–Crippen LogP) is 1.52. The zero-order chi connectivity index (χ0) is 13.4. The molecule has 0 spiro atoms. The number of hydrogen-bond acceptors (Lipinski definition) is 4. The molecule has 0 unspecified atom stereocenters. The summed E-state index contributed by atoms with van der Waals surface area (Å²) in [7, 11) is 0. The number of carbonyl (C=O) groups is 1. The predicted molar refractivity (Wildman–Crippen MR) is 69.1 cm³/mol. The Balaban J connectivity index is 2.30. The fourth-order valence-electron chi connectivity index (χ4n) is 1.19. The van der Waals surface area contributed by atoms with Gasteiger partial charge in [0.05, 0.1) is 23.8 Å². The lowest BCUT2D eigenvalue weighted by Gasteiger charge is -2.06. The molecular formula is C11H14Cl2N2O3. The maximum absolute atomic E-state index is 11.7. The highest BCUT2D eigenvalue weighted by Crippen LogP contribution is 2.19. The summed E-state index contributed by atoms with van der Waals surface area (Å²) in [6.45, 7) is 1.27. The third kappa shape index (κ3) is 5.18. The van der Waals surface area contributed by atoms with E-state index in [9.17, 15) is 4.79 Å². The lowest BCUT2D eigenvalue weighted by Crippen LogP contribution is -2.25. The van der Waals surface area contributed by atoms with Crippen molar-refractivity contribution >= 4 is 29.1 Å². The number of hydrogen-bond donors (Lipinski definition) is 2. The second-order valence-electron chi connectivity index (χ2n) is 3.44. The normalized spacial score (nSPS) is 10.4. The molecule has 2 N–H and O–H groups in total. The third-order valence-electron chi connectivity index (χ3n) is 2.05. The number of pyridine rings is 1. The van der Waals surface area contributed by atoms with Crippen LogP contribution in [-0.4, -0.2) is 42.4 Å². The quantitative estimate of drug-likeness (QED) is 0.590. The van der Waals surface area contributed by atoms with Crippen molar-refractivity contribution in [2.45, 2.75) is 6.42 Å². The fourth-order valence-corrected chi connectivity index (χ4v) is 1.46. The van der Waals surface area contributed by atoms with Crippen LogP contribution in [0.25, 0.3) is 0 Å². The van der Waals surface area contributed by atoms with Crippen LogP contribution >= 0.6 is 23.2 Å².